The fourth-order valence-corrected chi connectivity index (χ4v) is 1.31. The Morgan fingerprint density at radius 1 is 1.50 bits per heavy atom. The van der Waals surface area contributed by atoms with Crippen LogP contribution >= 0.6 is 0 Å². The molecule has 0 aliphatic heterocycles. The largest absolute Gasteiger partial charge is 0.354 e. The molecule has 0 aromatic carbocycles. The van der Waals surface area contributed by atoms with Gasteiger partial charge in [-0.3, -0.25) is 9.59 Å². The lowest BCUT2D eigenvalue weighted by Crippen LogP contribution is -2.34. The SMILES string of the molecule is Cc1cccn(CC(=O)NCC(C)C)c1=O. The van der Waals surface area contributed by atoms with E-state index in [4.69, 9.17) is 0 Å². The quantitative estimate of drug-likeness (QED) is 0.824. The number of aromatic nitrogens is 1. The number of hydrogen-bond donors (Lipinski definition) is 1. The Morgan fingerprint density at radius 2 is 2.19 bits per heavy atom. The van der Waals surface area contributed by atoms with Crippen LogP contribution in [0, 0.1) is 12.8 Å². The number of pyridine rings is 1. The van der Waals surface area contributed by atoms with Crippen LogP contribution in [0.15, 0.2) is 23.1 Å². The summed E-state index contributed by atoms with van der Waals surface area (Å²) in [5.74, 6) is 0.291. The number of amides is 1. The monoisotopic (exact) mass is 222 g/mol. The second kappa shape index (κ2) is 5.49. The van der Waals surface area contributed by atoms with Crippen LogP contribution in [0.25, 0.3) is 0 Å². The summed E-state index contributed by atoms with van der Waals surface area (Å²) in [6, 6.07) is 3.51. The fourth-order valence-electron chi connectivity index (χ4n) is 1.31. The third-order valence-corrected chi connectivity index (χ3v) is 2.23. The third-order valence-electron chi connectivity index (χ3n) is 2.23. The number of nitrogens with zero attached hydrogens (tertiary/aromatic N) is 1. The van der Waals surface area contributed by atoms with Crippen molar-refractivity contribution in [2.75, 3.05) is 6.54 Å². The summed E-state index contributed by atoms with van der Waals surface area (Å²) in [6.07, 6.45) is 1.63. The zero-order valence-corrected chi connectivity index (χ0v) is 9.99. The Bertz CT molecular complexity index is 421. The van der Waals surface area contributed by atoms with E-state index in [-0.39, 0.29) is 18.0 Å². The summed E-state index contributed by atoms with van der Waals surface area (Å²) in [5, 5.41) is 2.78. The van der Waals surface area contributed by atoms with Gasteiger partial charge in [0.05, 0.1) is 0 Å². The Labute approximate surface area is 95.3 Å². The first-order chi connectivity index (χ1) is 7.50. The molecule has 0 saturated heterocycles. The highest BCUT2D eigenvalue weighted by Crippen LogP contribution is 1.90. The number of rotatable bonds is 4. The van der Waals surface area contributed by atoms with Gasteiger partial charge in [-0.05, 0) is 18.9 Å². The van der Waals surface area contributed by atoms with Crippen LogP contribution in [0.3, 0.4) is 0 Å². The lowest BCUT2D eigenvalue weighted by atomic mass is 10.2. The second-order valence-corrected chi connectivity index (χ2v) is 4.32. The van der Waals surface area contributed by atoms with Gasteiger partial charge in [-0.1, -0.05) is 19.9 Å². The normalized spacial score (nSPS) is 10.5. The summed E-state index contributed by atoms with van der Waals surface area (Å²) in [4.78, 5) is 23.1. The predicted molar refractivity (Wildman–Crippen MR) is 63.3 cm³/mol. The topological polar surface area (TPSA) is 51.1 Å². The van der Waals surface area contributed by atoms with Gasteiger partial charge in [0.1, 0.15) is 6.54 Å². The molecule has 1 rings (SSSR count). The average Bonchev–Trinajstić information content (AvgIpc) is 2.22. The molecule has 0 bridgehead atoms. The zero-order valence-electron chi connectivity index (χ0n) is 9.99. The molecule has 16 heavy (non-hydrogen) atoms. The molecule has 0 aliphatic carbocycles. The maximum Gasteiger partial charge on any atom is 0.253 e. The van der Waals surface area contributed by atoms with Gasteiger partial charge in [0.15, 0.2) is 0 Å². The Hall–Kier alpha value is -1.58. The molecule has 4 nitrogen and oxygen atoms in total. The van der Waals surface area contributed by atoms with Gasteiger partial charge >= 0.3 is 0 Å². The second-order valence-electron chi connectivity index (χ2n) is 4.32. The van der Waals surface area contributed by atoms with Crippen LogP contribution in [0.5, 0.6) is 0 Å². The Balaban J connectivity index is 2.63. The van der Waals surface area contributed by atoms with Crippen LogP contribution in [-0.4, -0.2) is 17.0 Å². The predicted octanol–water partition coefficient (Wildman–Crippen LogP) is 0.929. The van der Waals surface area contributed by atoms with Crippen molar-refractivity contribution in [3.05, 3.63) is 34.2 Å². The van der Waals surface area contributed by atoms with Crippen molar-refractivity contribution in [1.82, 2.24) is 9.88 Å². The van der Waals surface area contributed by atoms with Crippen LogP contribution in [-0.2, 0) is 11.3 Å². The van der Waals surface area contributed by atoms with E-state index in [2.05, 4.69) is 5.32 Å². The van der Waals surface area contributed by atoms with Crippen molar-refractivity contribution in [2.45, 2.75) is 27.3 Å². The first-order valence-electron chi connectivity index (χ1n) is 5.43. The number of carbonyl (C=O) groups is 1. The molecular formula is C12H18N2O2. The first kappa shape index (κ1) is 12.5. The average molecular weight is 222 g/mol. The Kier molecular flexibility index (Phi) is 4.28. The van der Waals surface area contributed by atoms with Gasteiger partial charge < -0.3 is 9.88 Å². The van der Waals surface area contributed by atoms with Crippen molar-refractivity contribution in [3.8, 4) is 0 Å². The van der Waals surface area contributed by atoms with E-state index in [1.807, 2.05) is 13.8 Å². The van der Waals surface area contributed by atoms with Crippen LogP contribution < -0.4 is 10.9 Å². The minimum atomic E-state index is -0.124. The molecule has 1 amide bonds. The van der Waals surface area contributed by atoms with Gasteiger partial charge in [-0.25, -0.2) is 0 Å². The summed E-state index contributed by atoms with van der Waals surface area (Å²) >= 11 is 0. The molecule has 4 heteroatoms. The molecule has 1 N–H and O–H groups in total. The van der Waals surface area contributed by atoms with Gasteiger partial charge in [0, 0.05) is 18.3 Å². The molecule has 0 aliphatic rings. The van der Waals surface area contributed by atoms with Crippen molar-refractivity contribution < 1.29 is 4.79 Å². The molecule has 1 aromatic heterocycles. The lowest BCUT2D eigenvalue weighted by molar-refractivity contribution is -0.121. The Morgan fingerprint density at radius 3 is 2.81 bits per heavy atom. The van der Waals surface area contributed by atoms with Gasteiger partial charge in [-0.15, -0.1) is 0 Å². The molecule has 0 fully saturated rings. The first-order valence-corrected chi connectivity index (χ1v) is 5.43. The molecule has 1 heterocycles. The maximum atomic E-state index is 11.6. The summed E-state index contributed by atoms with van der Waals surface area (Å²) in [6.45, 7) is 6.52. The standard InChI is InChI=1S/C12H18N2O2/c1-9(2)7-13-11(15)8-14-6-4-5-10(3)12(14)16/h4-6,9H,7-8H2,1-3H3,(H,13,15). The molecule has 0 unspecified atom stereocenters. The zero-order chi connectivity index (χ0) is 12.1. The van der Waals surface area contributed by atoms with Crippen molar-refractivity contribution in [1.29, 1.82) is 0 Å². The van der Waals surface area contributed by atoms with E-state index in [1.54, 1.807) is 25.3 Å². The van der Waals surface area contributed by atoms with E-state index < -0.39 is 0 Å². The molecule has 0 saturated carbocycles. The minimum absolute atomic E-state index is 0.0905. The minimum Gasteiger partial charge on any atom is -0.354 e. The van der Waals surface area contributed by atoms with Crippen LogP contribution in [0.4, 0.5) is 0 Å². The van der Waals surface area contributed by atoms with E-state index in [9.17, 15) is 9.59 Å². The maximum absolute atomic E-state index is 11.6. The van der Waals surface area contributed by atoms with E-state index in [0.29, 0.717) is 18.0 Å². The van der Waals surface area contributed by atoms with Crippen LogP contribution in [0.1, 0.15) is 19.4 Å². The molecular weight excluding hydrogens is 204 g/mol. The van der Waals surface area contributed by atoms with Crippen molar-refractivity contribution >= 4 is 5.91 Å². The number of carbonyl (C=O) groups excluding carboxylic acids is 1. The number of nitrogens with one attached hydrogen (secondary N) is 1. The van der Waals surface area contributed by atoms with Crippen molar-refractivity contribution in [3.63, 3.8) is 0 Å². The van der Waals surface area contributed by atoms with Gasteiger partial charge in [0.25, 0.3) is 5.56 Å². The summed E-state index contributed by atoms with van der Waals surface area (Å²) < 4.78 is 1.42. The molecule has 0 radical (unpaired) electrons. The van der Waals surface area contributed by atoms with E-state index in [1.165, 1.54) is 4.57 Å². The highest BCUT2D eigenvalue weighted by Gasteiger charge is 2.05. The number of hydrogen-bond acceptors (Lipinski definition) is 2. The molecule has 88 valence electrons. The van der Waals surface area contributed by atoms with E-state index >= 15 is 0 Å². The molecule has 0 spiro atoms. The van der Waals surface area contributed by atoms with Gasteiger partial charge in [-0.2, -0.15) is 0 Å². The molecule has 0 atom stereocenters. The third kappa shape index (κ3) is 3.53. The number of aryl methyl sites for hydroxylation is 1. The van der Waals surface area contributed by atoms with Gasteiger partial charge in [0.2, 0.25) is 5.91 Å². The summed E-state index contributed by atoms with van der Waals surface area (Å²) in [5.41, 5.74) is 0.543. The highest BCUT2D eigenvalue weighted by molar-refractivity contribution is 5.75. The molecule has 1 aromatic rings. The summed E-state index contributed by atoms with van der Waals surface area (Å²) in [7, 11) is 0. The lowest BCUT2D eigenvalue weighted by Gasteiger charge is -2.09. The fraction of sp³-hybridized carbons (Fsp3) is 0.500. The van der Waals surface area contributed by atoms with Crippen molar-refractivity contribution in [2.24, 2.45) is 5.92 Å². The van der Waals surface area contributed by atoms with E-state index in [0.717, 1.165) is 0 Å². The van der Waals surface area contributed by atoms with Crippen LogP contribution in [0.2, 0.25) is 0 Å². The smallest absolute Gasteiger partial charge is 0.253 e. The highest BCUT2D eigenvalue weighted by atomic mass is 16.2.